The Labute approximate surface area is 638 Å². The van der Waals surface area contributed by atoms with Gasteiger partial charge in [-0.3, -0.25) is 47.9 Å². The van der Waals surface area contributed by atoms with Crippen molar-refractivity contribution < 1.29 is 86.6 Å². The minimum atomic E-state index is -1.16. The van der Waals surface area contributed by atoms with Crippen molar-refractivity contribution in [1.82, 2.24) is 52.5 Å². The van der Waals surface area contributed by atoms with E-state index in [1.807, 2.05) is 36.4 Å². The molecule has 0 aliphatic rings. The number of hydrogen-bond acceptors (Lipinski definition) is 20. The van der Waals surface area contributed by atoms with Gasteiger partial charge in [0.25, 0.3) is 0 Å². The van der Waals surface area contributed by atoms with Crippen LogP contribution in [0, 0.1) is 0 Å². The fourth-order valence-electron chi connectivity index (χ4n) is 10.1. The number of nitrogens with zero attached hydrogens (tertiary/aromatic N) is 2. The predicted octanol–water partition coefficient (Wildman–Crippen LogP) is 7.05. The van der Waals surface area contributed by atoms with Gasteiger partial charge in [0, 0.05) is 110 Å². The van der Waals surface area contributed by atoms with E-state index < -0.39 is 60.8 Å². The molecule has 0 spiro atoms. The number of aliphatic carboxylic acids is 2. The first-order valence-electron chi connectivity index (χ1n) is 35.6. The minimum absolute atomic E-state index is 0.00599. The van der Waals surface area contributed by atoms with E-state index >= 15 is 0 Å². The van der Waals surface area contributed by atoms with Gasteiger partial charge in [-0.05, 0) is 136 Å². The number of carbonyl (C=O) groups excluding carboxylic acids is 8. The van der Waals surface area contributed by atoms with Crippen LogP contribution in [0.2, 0.25) is 20.1 Å². The summed E-state index contributed by atoms with van der Waals surface area (Å²) in [7, 11) is 0. The van der Waals surface area contributed by atoms with Gasteiger partial charge in [-0.25, -0.2) is 9.97 Å². The van der Waals surface area contributed by atoms with Crippen LogP contribution in [-0.4, -0.2) is 210 Å². The van der Waals surface area contributed by atoms with Crippen LogP contribution < -0.4 is 53.2 Å². The molecule has 2 aromatic carbocycles. The maximum Gasteiger partial charge on any atom is 0.305 e. The molecule has 4 aromatic rings. The predicted molar refractivity (Wildman–Crippen MR) is 399 cm³/mol. The summed E-state index contributed by atoms with van der Waals surface area (Å²) in [5, 5.41) is 48.9. The first-order chi connectivity index (χ1) is 51.2. The summed E-state index contributed by atoms with van der Waals surface area (Å²) < 4.78 is 33.1. The molecule has 0 saturated carbocycles. The van der Waals surface area contributed by atoms with Gasteiger partial charge in [0.1, 0.15) is 23.7 Å². The van der Waals surface area contributed by atoms with Gasteiger partial charge in [0.05, 0.1) is 104 Å². The quantitative estimate of drug-likeness (QED) is 0.0197. The Morgan fingerprint density at radius 1 is 0.349 bits per heavy atom. The molecule has 0 aliphatic carbocycles. The smallest absolute Gasteiger partial charge is 0.305 e. The summed E-state index contributed by atoms with van der Waals surface area (Å²) in [6, 6.07) is 16.2. The highest BCUT2D eigenvalue weighted by molar-refractivity contribution is 6.35. The molecule has 586 valence electrons. The minimum Gasteiger partial charge on any atom is -0.481 e. The van der Waals surface area contributed by atoms with Crippen LogP contribution in [0.1, 0.15) is 139 Å². The Morgan fingerprint density at radius 3 is 1.03 bits per heavy atom. The molecule has 8 amide bonds. The number of carboxylic acid groups (broad SMARTS) is 2. The van der Waals surface area contributed by atoms with Crippen LogP contribution in [0.25, 0.3) is 0 Å². The van der Waals surface area contributed by atoms with Gasteiger partial charge in [-0.2, -0.15) is 0 Å². The third-order valence-corrected chi connectivity index (χ3v) is 16.4. The summed E-state index contributed by atoms with van der Waals surface area (Å²) in [6.07, 6.45) is 7.70. The average molecular weight is 1570 g/mol. The number of benzene rings is 2. The van der Waals surface area contributed by atoms with Crippen LogP contribution >= 0.6 is 46.4 Å². The summed E-state index contributed by atoms with van der Waals surface area (Å²) >= 11 is 24.7. The fourth-order valence-corrected chi connectivity index (χ4v) is 11.2. The van der Waals surface area contributed by atoms with E-state index in [-0.39, 0.29) is 199 Å². The highest BCUT2D eigenvalue weighted by atomic mass is 35.5. The van der Waals surface area contributed by atoms with Gasteiger partial charge in [0.15, 0.2) is 0 Å². The first kappa shape index (κ1) is 90.4. The van der Waals surface area contributed by atoms with Crippen LogP contribution in [0.15, 0.2) is 85.2 Å². The van der Waals surface area contributed by atoms with E-state index in [9.17, 15) is 58.2 Å². The number of amides is 8. The molecule has 0 saturated heterocycles. The number of nitrogens with one attached hydrogen (secondary N) is 10. The lowest BCUT2D eigenvalue weighted by Gasteiger charge is -2.23. The average Bonchev–Trinajstić information content (AvgIpc) is 0.849. The van der Waals surface area contributed by atoms with Crippen molar-refractivity contribution >= 4 is 117 Å². The zero-order valence-electron chi connectivity index (χ0n) is 59.7. The van der Waals surface area contributed by atoms with Crippen molar-refractivity contribution in [2.24, 2.45) is 0 Å². The molecule has 106 heavy (non-hydrogen) atoms. The Balaban J connectivity index is 0.936. The lowest BCUT2D eigenvalue weighted by Crippen LogP contribution is -2.48. The van der Waals surface area contributed by atoms with E-state index in [1.54, 1.807) is 12.4 Å². The maximum absolute atomic E-state index is 13.7. The number of aromatic nitrogens is 2. The van der Waals surface area contributed by atoms with E-state index in [2.05, 4.69) is 63.1 Å². The summed E-state index contributed by atoms with van der Waals surface area (Å²) in [6.45, 7) is 5.22. The topological polar surface area (TPSA) is 413 Å². The summed E-state index contributed by atoms with van der Waals surface area (Å²) in [5.74, 6) is -3.78. The second kappa shape index (κ2) is 56.3. The van der Waals surface area contributed by atoms with Crippen LogP contribution in [-0.2, 0) is 76.4 Å². The summed E-state index contributed by atoms with van der Waals surface area (Å²) in [5.41, 5.74) is 0.790. The van der Waals surface area contributed by atoms with Crippen molar-refractivity contribution in [3.63, 3.8) is 0 Å². The maximum atomic E-state index is 13.7. The Hall–Kier alpha value is -8.04. The van der Waals surface area contributed by atoms with Gasteiger partial charge in [-0.1, -0.05) is 58.5 Å². The number of anilines is 2. The van der Waals surface area contributed by atoms with Crippen molar-refractivity contribution in [3.8, 4) is 0 Å². The number of ether oxygens (including phenoxy) is 6. The third kappa shape index (κ3) is 44.8. The normalized spacial score (nSPS) is 12.2. The number of hydrogen-bond donors (Lipinski definition) is 12. The Morgan fingerprint density at radius 2 is 0.679 bits per heavy atom. The number of unbranched alkanes of at least 4 members (excludes halogenated alkanes) is 4. The molecule has 2 heterocycles. The first-order valence-corrected chi connectivity index (χ1v) is 37.1. The van der Waals surface area contributed by atoms with E-state index in [4.69, 9.17) is 74.8 Å². The van der Waals surface area contributed by atoms with Gasteiger partial charge < -0.3 is 91.8 Å². The molecule has 12 N–H and O–H groups in total. The largest absolute Gasteiger partial charge is 0.481 e. The standard InChI is InChI=1S/C72H102Cl4N12O18/c73-53-43-51(44-54(74)47-53)59(49-69(95)96)87-71(99)57(85-67(93)17-5-11-25-79-61-15-3-9-23-77-61)13-1-7-27-81-65(91)21-31-101-35-39-105-41-37-103-33-29-83-63(89)19-20-64(90)84-30-34-104-38-42-106-40-36-102-32-22-66(92)82-28-8-2-14-58(86-68(94)18-6-12-26-80-62-16-4-10-24-78-62)72(100)88-60(50-70(97)98)52-45-55(75)48-56(76)46-52/h3-4,9-10,15-16,23-24,43-48,57-60H,1-2,5-8,11-14,17-22,25-42,49-50H2,(H,77,79)(H,78,80)(H,81,91)(H,82,92)(H,83,89)(H,84,90)(H,85,93)(H,86,94)(H,87,99)(H,88,100)(H,95,96)(H,97,98). The second-order valence-corrected chi connectivity index (χ2v) is 26.0. The number of carbonyl (C=O) groups is 10. The van der Waals surface area contributed by atoms with Crippen LogP contribution in [0.5, 0.6) is 0 Å². The molecule has 0 radical (unpaired) electrons. The van der Waals surface area contributed by atoms with Gasteiger partial charge in [-0.15, -0.1) is 0 Å². The van der Waals surface area contributed by atoms with E-state index in [0.29, 0.717) is 88.7 Å². The molecule has 0 bridgehead atoms. The van der Waals surface area contributed by atoms with E-state index in [1.165, 1.54) is 36.4 Å². The number of rotatable bonds is 61. The molecule has 34 heteroatoms. The molecule has 2 aromatic heterocycles. The van der Waals surface area contributed by atoms with Crippen molar-refractivity contribution in [2.75, 3.05) is 129 Å². The molecular weight excluding hydrogens is 1460 g/mol. The Bertz CT molecular complexity index is 3020. The molecule has 4 unspecified atom stereocenters. The molecular formula is C72H102Cl4N12O18. The lowest BCUT2D eigenvalue weighted by atomic mass is 10.0. The molecule has 4 rings (SSSR count). The molecule has 30 nitrogen and oxygen atoms in total. The zero-order chi connectivity index (χ0) is 76.8. The monoisotopic (exact) mass is 1560 g/mol. The second-order valence-electron chi connectivity index (χ2n) is 24.2. The summed E-state index contributed by atoms with van der Waals surface area (Å²) in [4.78, 5) is 135. The fraction of sp³-hybridized carbons (Fsp3) is 0.556. The highest BCUT2D eigenvalue weighted by Crippen LogP contribution is 2.28. The van der Waals surface area contributed by atoms with Gasteiger partial charge >= 0.3 is 11.9 Å². The number of pyridine rings is 2. The molecule has 4 atom stereocenters. The highest BCUT2D eigenvalue weighted by Gasteiger charge is 2.28. The van der Waals surface area contributed by atoms with Gasteiger partial charge in [0.2, 0.25) is 47.3 Å². The van der Waals surface area contributed by atoms with E-state index in [0.717, 1.165) is 11.6 Å². The SMILES string of the molecule is O=C(O)CC(NC(=O)C(CCCCNC(=O)CCOCCOCCOCCNC(=O)CCC(=O)NCCOCCOCCOCCC(=O)NCCCCC(NC(=O)CCCCNc1ccccn1)C(=O)NC(CC(=O)O)c1cc(Cl)cc(Cl)c1)NC(=O)CCCCNc1ccccn1)c1cc(Cl)cc(Cl)c1. The van der Waals surface area contributed by atoms with Crippen molar-refractivity contribution in [2.45, 2.75) is 140 Å². The number of carboxylic acids is 2. The van der Waals surface area contributed by atoms with Crippen molar-refractivity contribution in [3.05, 3.63) is 116 Å². The number of halogens is 4. The molecule has 0 aliphatic heterocycles. The zero-order valence-corrected chi connectivity index (χ0v) is 62.7. The van der Waals surface area contributed by atoms with Crippen LogP contribution in [0.3, 0.4) is 0 Å². The van der Waals surface area contributed by atoms with Crippen LogP contribution in [0.4, 0.5) is 11.6 Å². The lowest BCUT2D eigenvalue weighted by molar-refractivity contribution is -0.139. The third-order valence-electron chi connectivity index (χ3n) is 15.5. The Kier molecular flexibility index (Phi) is 48.0. The van der Waals surface area contributed by atoms with Crippen molar-refractivity contribution in [1.29, 1.82) is 0 Å². The molecule has 0 fully saturated rings.